The monoisotopic (exact) mass is 750 g/mol. The first-order valence-corrected chi connectivity index (χ1v) is 20.8. The molecule has 4 rings (SSSR count). The minimum atomic E-state index is -0.371. The Bertz CT molecular complexity index is 1190. The summed E-state index contributed by atoms with van der Waals surface area (Å²) in [6.07, 6.45) is 13.2. The summed E-state index contributed by atoms with van der Waals surface area (Å²) in [6.45, 7) is 10.3. The molecule has 306 valence electrons. The summed E-state index contributed by atoms with van der Waals surface area (Å²) >= 11 is 0. The number of carbonyl (C=O) groups excluding carboxylic acids is 4. The molecule has 0 unspecified atom stereocenters. The first kappa shape index (κ1) is 45.2. The molecule has 6 N–H and O–H groups in total. The number of ether oxygens (including phenoxy) is 4. The third-order valence-electron chi connectivity index (χ3n) is 13.9. The maximum Gasteiger partial charge on any atom is 0.307 e. The number of carbonyl (C=O) groups is 4. The fourth-order valence-electron chi connectivity index (χ4n) is 11.2. The number of esters is 4. The summed E-state index contributed by atoms with van der Waals surface area (Å²) in [5.41, 5.74) is 16.7. The molecule has 4 saturated carbocycles. The van der Waals surface area contributed by atoms with Crippen LogP contribution in [0.25, 0.3) is 0 Å². The molecule has 0 aromatic heterocycles. The average molecular weight is 750 g/mol. The van der Waals surface area contributed by atoms with Crippen LogP contribution in [0.4, 0.5) is 0 Å². The second kappa shape index (κ2) is 21.2. The predicted octanol–water partition coefficient (Wildman–Crippen LogP) is 6.60. The summed E-state index contributed by atoms with van der Waals surface area (Å²) in [7, 11) is 0. The third-order valence-corrected chi connectivity index (χ3v) is 13.9. The number of hydrogen-bond acceptors (Lipinski definition) is 11. The molecule has 0 aromatic rings. The van der Waals surface area contributed by atoms with E-state index in [1.807, 2.05) is 0 Å². The van der Waals surface area contributed by atoms with Crippen molar-refractivity contribution in [3.8, 4) is 0 Å². The van der Waals surface area contributed by atoms with E-state index in [-0.39, 0.29) is 135 Å². The Kier molecular flexibility index (Phi) is 18.0. The number of unbranched alkanes of at least 4 members (excludes halogenated alkanes) is 5. The second-order valence-electron chi connectivity index (χ2n) is 17.0. The molecule has 0 aromatic carbocycles. The molecule has 4 aliphatic rings. The highest BCUT2D eigenvalue weighted by molar-refractivity contribution is 5.71. The van der Waals surface area contributed by atoms with E-state index in [9.17, 15) is 19.2 Å². The van der Waals surface area contributed by atoms with Crippen molar-refractivity contribution < 1.29 is 38.1 Å². The van der Waals surface area contributed by atoms with E-state index in [2.05, 4.69) is 27.7 Å². The van der Waals surface area contributed by atoms with Gasteiger partial charge in [-0.3, -0.25) is 19.2 Å². The van der Waals surface area contributed by atoms with E-state index in [0.29, 0.717) is 38.7 Å². The highest BCUT2D eigenvalue weighted by Gasteiger charge is 2.67. The number of fused-ring (bicyclic) bond motifs is 5. The molecule has 0 amide bonds. The zero-order valence-electron chi connectivity index (χ0n) is 32.8. The third kappa shape index (κ3) is 11.0. The molecule has 0 spiro atoms. The van der Waals surface area contributed by atoms with Gasteiger partial charge < -0.3 is 36.1 Å². The number of nitrogens with two attached hydrogens (primary N) is 3. The highest BCUT2D eigenvalue weighted by atomic mass is 16.6. The van der Waals surface area contributed by atoms with Gasteiger partial charge in [0, 0.05) is 37.4 Å². The van der Waals surface area contributed by atoms with Crippen molar-refractivity contribution in [2.45, 2.75) is 169 Å². The molecule has 0 radical (unpaired) electrons. The van der Waals surface area contributed by atoms with Gasteiger partial charge in [0.25, 0.3) is 0 Å². The van der Waals surface area contributed by atoms with Crippen molar-refractivity contribution in [3.63, 3.8) is 0 Å². The maximum absolute atomic E-state index is 13.2. The van der Waals surface area contributed by atoms with E-state index in [1.165, 1.54) is 25.7 Å². The topological polar surface area (TPSA) is 183 Å². The lowest BCUT2D eigenvalue weighted by molar-refractivity contribution is -0.225. The predicted molar refractivity (Wildman–Crippen MR) is 206 cm³/mol. The van der Waals surface area contributed by atoms with Gasteiger partial charge in [-0.05, 0) is 92.8 Å². The minimum Gasteiger partial charge on any atom is -0.466 e. The van der Waals surface area contributed by atoms with Crippen LogP contribution >= 0.6 is 0 Å². The quantitative estimate of drug-likeness (QED) is 0.0692. The van der Waals surface area contributed by atoms with E-state index >= 15 is 0 Å². The zero-order valence-corrected chi connectivity index (χ0v) is 32.8. The summed E-state index contributed by atoms with van der Waals surface area (Å²) < 4.78 is 24.3. The normalized spacial score (nSPS) is 33.6. The smallest absolute Gasteiger partial charge is 0.307 e. The van der Waals surface area contributed by atoms with Crippen LogP contribution in [0.15, 0.2) is 0 Å². The zero-order chi connectivity index (χ0) is 37.9. The van der Waals surface area contributed by atoms with Crippen molar-refractivity contribution in [3.05, 3.63) is 0 Å². The fourth-order valence-corrected chi connectivity index (χ4v) is 11.2. The van der Waals surface area contributed by atoms with Crippen molar-refractivity contribution in [1.29, 1.82) is 0 Å². The summed E-state index contributed by atoms with van der Waals surface area (Å²) in [5, 5.41) is 0. The fraction of sp³-hybridized carbons (Fsp3) is 0.905. The van der Waals surface area contributed by atoms with E-state index in [1.54, 1.807) is 0 Å². The molecule has 11 heteroatoms. The Labute approximate surface area is 320 Å². The van der Waals surface area contributed by atoms with E-state index in [4.69, 9.17) is 36.1 Å². The largest absolute Gasteiger partial charge is 0.466 e. The highest BCUT2D eigenvalue weighted by Crippen LogP contribution is 2.69. The van der Waals surface area contributed by atoms with Gasteiger partial charge in [0.2, 0.25) is 0 Å². The van der Waals surface area contributed by atoms with Crippen molar-refractivity contribution in [1.82, 2.24) is 0 Å². The van der Waals surface area contributed by atoms with Crippen molar-refractivity contribution in [2.24, 2.45) is 63.5 Å². The van der Waals surface area contributed by atoms with Crippen molar-refractivity contribution in [2.75, 3.05) is 26.2 Å². The van der Waals surface area contributed by atoms with E-state index in [0.717, 1.165) is 38.5 Å². The van der Waals surface area contributed by atoms with Crippen LogP contribution in [-0.2, 0) is 38.1 Å². The SMILES string of the molecule is C.CCCCCCCCOC(=O)CC[C@@H](C)[C@H]1CC[C@H]2[C@@H]3[C@H](OC(=O)CCN)C[C@@H]4C[C@H](OC(=O)CCN)CC[C@]4(C)[C@H]3C[C@H](OC(=O)CCN)[C@]12C. The van der Waals surface area contributed by atoms with Crippen LogP contribution in [0, 0.1) is 46.3 Å². The lowest BCUT2D eigenvalue weighted by atomic mass is 9.43. The summed E-state index contributed by atoms with van der Waals surface area (Å²) in [5.74, 6) is -0.00360. The van der Waals surface area contributed by atoms with Crippen LogP contribution in [-0.4, -0.2) is 68.4 Å². The van der Waals surface area contributed by atoms with Gasteiger partial charge in [-0.25, -0.2) is 0 Å². The Morgan fingerprint density at radius 3 is 2.00 bits per heavy atom. The molecule has 0 heterocycles. The first-order valence-electron chi connectivity index (χ1n) is 20.8. The summed E-state index contributed by atoms with van der Waals surface area (Å²) in [4.78, 5) is 51.6. The van der Waals surface area contributed by atoms with Gasteiger partial charge in [-0.2, -0.15) is 0 Å². The maximum atomic E-state index is 13.2. The lowest BCUT2D eigenvalue weighted by Crippen LogP contribution is -2.63. The second-order valence-corrected chi connectivity index (χ2v) is 17.0. The molecule has 4 aliphatic carbocycles. The molecular formula is C42H75N3O8. The first-order chi connectivity index (χ1) is 24.9. The molecule has 53 heavy (non-hydrogen) atoms. The summed E-state index contributed by atoms with van der Waals surface area (Å²) in [6, 6.07) is 0. The van der Waals surface area contributed by atoms with E-state index < -0.39 is 0 Å². The number of hydrogen-bond donors (Lipinski definition) is 3. The van der Waals surface area contributed by atoms with Crippen LogP contribution in [0.5, 0.6) is 0 Å². The number of rotatable bonds is 20. The Balaban J connectivity index is 0.00000756. The Morgan fingerprint density at radius 2 is 1.34 bits per heavy atom. The van der Waals surface area contributed by atoms with Crippen LogP contribution in [0.2, 0.25) is 0 Å². The Hall–Kier alpha value is -2.24. The molecule has 0 bridgehead atoms. The van der Waals surface area contributed by atoms with Gasteiger partial charge in [0.05, 0.1) is 25.9 Å². The average Bonchev–Trinajstić information content (AvgIpc) is 3.46. The van der Waals surface area contributed by atoms with Crippen LogP contribution in [0.1, 0.15) is 151 Å². The molecule has 4 fully saturated rings. The van der Waals surface area contributed by atoms with Gasteiger partial charge in [-0.1, -0.05) is 67.2 Å². The minimum absolute atomic E-state index is 0. The van der Waals surface area contributed by atoms with Gasteiger partial charge in [0.1, 0.15) is 18.3 Å². The molecule has 11 nitrogen and oxygen atoms in total. The molecular weight excluding hydrogens is 674 g/mol. The lowest BCUT2D eigenvalue weighted by Gasteiger charge is -2.64. The van der Waals surface area contributed by atoms with Crippen LogP contribution < -0.4 is 17.2 Å². The standard InChI is InChI=1S/C41H71N3O8.CH4/c1-5-6-7-8-9-10-23-49-35(45)14-11-27(2)30-12-13-31-39-32(26-34(41(30,31)4)52-38(48)18-22-44)40(3)19-15-29(50-36(46)16-20-42)24-28(40)25-33(39)51-37(47)17-21-43;/h27-34,39H,5-26,42-44H2,1-4H3;1H4/t27-,28+,29-,30-,31+,32+,33-,34+,39+,40+,41-;/m1./s1. The molecule has 0 saturated heterocycles. The Morgan fingerprint density at radius 1 is 0.717 bits per heavy atom. The van der Waals surface area contributed by atoms with Crippen molar-refractivity contribution >= 4 is 23.9 Å². The molecule has 0 aliphatic heterocycles. The van der Waals surface area contributed by atoms with Gasteiger partial charge in [0.15, 0.2) is 0 Å². The molecule has 11 atom stereocenters. The van der Waals surface area contributed by atoms with Gasteiger partial charge in [-0.15, -0.1) is 0 Å². The van der Waals surface area contributed by atoms with Gasteiger partial charge >= 0.3 is 23.9 Å². The van der Waals surface area contributed by atoms with Crippen LogP contribution in [0.3, 0.4) is 0 Å².